The van der Waals surface area contributed by atoms with Crippen LogP contribution in [0.25, 0.3) is 10.9 Å². The number of aryl methyl sites for hydroxylation is 1. The lowest BCUT2D eigenvalue weighted by atomic mass is 9.96. The van der Waals surface area contributed by atoms with Gasteiger partial charge in [-0.3, -0.25) is 4.79 Å². The monoisotopic (exact) mass is 328 g/mol. The summed E-state index contributed by atoms with van der Waals surface area (Å²) in [7, 11) is 0. The van der Waals surface area contributed by atoms with Gasteiger partial charge in [-0.15, -0.1) is 0 Å². The van der Waals surface area contributed by atoms with Crippen LogP contribution in [0.2, 0.25) is 0 Å². The van der Waals surface area contributed by atoms with Gasteiger partial charge in [0.25, 0.3) is 0 Å². The molecule has 2 N–H and O–H groups in total. The Balaban J connectivity index is 1.60. The van der Waals surface area contributed by atoms with Gasteiger partial charge in [-0.25, -0.2) is 4.98 Å². The Morgan fingerprint density at radius 1 is 1.30 bits per heavy atom. The number of nitrogens with zero attached hydrogens (tertiary/aromatic N) is 2. The maximum Gasteiger partial charge on any atom is 0.226 e. The number of aromatic nitrogens is 3. The summed E-state index contributed by atoms with van der Waals surface area (Å²) in [5.74, 6) is 0.723. The van der Waals surface area contributed by atoms with Crippen LogP contribution in [0.4, 0.5) is 5.13 Å². The predicted octanol–water partition coefficient (Wildman–Crippen LogP) is 3.89. The van der Waals surface area contributed by atoms with Crippen LogP contribution in [-0.4, -0.2) is 20.2 Å². The van der Waals surface area contributed by atoms with Crippen LogP contribution in [0.3, 0.4) is 0 Å². The Morgan fingerprint density at radius 3 is 2.83 bits per heavy atom. The molecule has 2 heterocycles. The van der Waals surface area contributed by atoms with E-state index in [1.54, 1.807) is 0 Å². The van der Waals surface area contributed by atoms with Crippen molar-refractivity contribution in [3.05, 3.63) is 41.9 Å². The van der Waals surface area contributed by atoms with E-state index in [0.29, 0.717) is 18.0 Å². The molecule has 0 aliphatic carbocycles. The minimum atomic E-state index is -0.108. The molecule has 5 nitrogen and oxygen atoms in total. The number of nitrogens with one attached hydrogen (secondary N) is 2. The van der Waals surface area contributed by atoms with Crippen LogP contribution in [-0.2, 0) is 16.6 Å². The molecule has 0 bridgehead atoms. The lowest BCUT2D eigenvalue weighted by Crippen LogP contribution is -2.15. The summed E-state index contributed by atoms with van der Waals surface area (Å²) in [6, 6.07) is 8.11. The molecule has 0 fully saturated rings. The number of H-pyrrole nitrogens is 1. The quantitative estimate of drug-likeness (QED) is 0.763. The van der Waals surface area contributed by atoms with Crippen LogP contribution in [0.1, 0.15) is 38.6 Å². The molecule has 3 aromatic rings. The average Bonchev–Trinajstić information content (AvgIpc) is 3.11. The lowest BCUT2D eigenvalue weighted by molar-refractivity contribution is -0.116. The van der Waals surface area contributed by atoms with Crippen molar-refractivity contribution in [1.82, 2.24) is 14.3 Å². The molecule has 1 aromatic carbocycles. The molecule has 0 aliphatic heterocycles. The van der Waals surface area contributed by atoms with Crippen molar-refractivity contribution in [2.75, 3.05) is 5.32 Å². The highest BCUT2D eigenvalue weighted by molar-refractivity contribution is 7.09. The molecule has 0 saturated carbocycles. The lowest BCUT2D eigenvalue weighted by Gasteiger charge is -2.12. The number of hydrogen-bond acceptors (Lipinski definition) is 4. The minimum absolute atomic E-state index is 0.0353. The number of benzene rings is 1. The van der Waals surface area contributed by atoms with Crippen LogP contribution >= 0.6 is 11.5 Å². The van der Waals surface area contributed by atoms with Crippen LogP contribution < -0.4 is 5.32 Å². The van der Waals surface area contributed by atoms with Gasteiger partial charge in [-0.05, 0) is 18.1 Å². The van der Waals surface area contributed by atoms with Gasteiger partial charge in [0.15, 0.2) is 0 Å². The summed E-state index contributed by atoms with van der Waals surface area (Å²) >= 11 is 1.23. The van der Waals surface area contributed by atoms with Gasteiger partial charge in [0.1, 0.15) is 5.82 Å². The average molecular weight is 328 g/mol. The van der Waals surface area contributed by atoms with Gasteiger partial charge < -0.3 is 10.3 Å². The fraction of sp³-hybridized carbons (Fsp3) is 0.353. The molecule has 0 atom stereocenters. The third kappa shape index (κ3) is 3.59. The molecule has 0 saturated heterocycles. The van der Waals surface area contributed by atoms with Gasteiger partial charge in [0, 0.05) is 40.5 Å². The highest BCUT2D eigenvalue weighted by atomic mass is 32.1. The molecule has 0 unspecified atom stereocenters. The fourth-order valence-electron chi connectivity index (χ4n) is 2.35. The third-order valence-electron chi connectivity index (χ3n) is 3.64. The van der Waals surface area contributed by atoms with Gasteiger partial charge in [-0.1, -0.05) is 39.0 Å². The zero-order valence-corrected chi connectivity index (χ0v) is 14.3. The Morgan fingerprint density at radius 2 is 2.09 bits per heavy atom. The molecule has 0 aliphatic rings. The van der Waals surface area contributed by atoms with Gasteiger partial charge in [-0.2, -0.15) is 4.37 Å². The standard InChI is InChI=1S/C17H20N4OS/c1-17(2,3)15-20-16(23-21-15)19-14(22)9-8-11-10-18-13-7-5-4-6-12(11)13/h4-7,10,18H,8-9H2,1-3H3,(H,19,20,21,22). The third-order valence-corrected chi connectivity index (χ3v) is 4.27. The zero-order chi connectivity index (χ0) is 16.4. The molecule has 0 radical (unpaired) electrons. The number of anilines is 1. The first kappa shape index (κ1) is 15.7. The Hall–Kier alpha value is -2.21. The van der Waals surface area contributed by atoms with Crippen LogP contribution in [0.5, 0.6) is 0 Å². The summed E-state index contributed by atoms with van der Waals surface area (Å²) in [5, 5.41) is 4.58. The Labute approximate surface area is 139 Å². The number of carbonyl (C=O) groups is 1. The summed E-state index contributed by atoms with van der Waals surface area (Å²) in [6.45, 7) is 6.16. The van der Waals surface area contributed by atoms with E-state index in [0.717, 1.165) is 16.9 Å². The SMILES string of the molecule is CC(C)(C)c1nsc(NC(=O)CCc2c[nH]c3ccccc23)n1. The van der Waals surface area contributed by atoms with E-state index in [1.807, 2.05) is 24.4 Å². The van der Waals surface area contributed by atoms with E-state index in [2.05, 4.69) is 46.5 Å². The first-order chi connectivity index (χ1) is 10.9. The van der Waals surface area contributed by atoms with Gasteiger partial charge in [0.2, 0.25) is 11.0 Å². The Kier molecular flexibility index (Phi) is 4.17. The topological polar surface area (TPSA) is 70.7 Å². The summed E-state index contributed by atoms with van der Waals surface area (Å²) in [4.78, 5) is 19.7. The second-order valence-corrected chi connectivity index (χ2v) is 7.33. The van der Waals surface area contributed by atoms with Gasteiger partial charge in [0.05, 0.1) is 0 Å². The molecule has 3 rings (SSSR count). The summed E-state index contributed by atoms with van der Waals surface area (Å²) < 4.78 is 4.30. The highest BCUT2D eigenvalue weighted by Gasteiger charge is 2.20. The molecular weight excluding hydrogens is 308 g/mol. The normalized spacial score (nSPS) is 11.8. The van der Waals surface area contributed by atoms with E-state index in [9.17, 15) is 4.79 Å². The number of carbonyl (C=O) groups excluding carboxylic acids is 1. The van der Waals surface area contributed by atoms with Gasteiger partial charge >= 0.3 is 0 Å². The largest absolute Gasteiger partial charge is 0.361 e. The molecule has 23 heavy (non-hydrogen) atoms. The summed E-state index contributed by atoms with van der Waals surface area (Å²) in [6.07, 6.45) is 3.09. The van der Waals surface area contributed by atoms with Crippen molar-refractivity contribution in [1.29, 1.82) is 0 Å². The number of aromatic amines is 1. The van der Waals surface area contributed by atoms with Crippen LogP contribution in [0, 0.1) is 0 Å². The first-order valence-electron chi connectivity index (χ1n) is 7.62. The second kappa shape index (κ2) is 6.12. The fourth-order valence-corrected chi connectivity index (χ4v) is 3.12. The predicted molar refractivity (Wildman–Crippen MR) is 93.9 cm³/mol. The van der Waals surface area contributed by atoms with Crippen molar-refractivity contribution in [2.24, 2.45) is 0 Å². The van der Waals surface area contributed by atoms with Crippen molar-refractivity contribution in [3.8, 4) is 0 Å². The smallest absolute Gasteiger partial charge is 0.226 e. The zero-order valence-electron chi connectivity index (χ0n) is 13.5. The molecule has 120 valence electrons. The number of rotatable bonds is 4. The second-order valence-electron chi connectivity index (χ2n) is 6.58. The maximum absolute atomic E-state index is 12.1. The van der Waals surface area contributed by atoms with E-state index in [4.69, 9.17) is 0 Å². The van der Waals surface area contributed by atoms with E-state index in [1.165, 1.54) is 16.9 Å². The van der Waals surface area contributed by atoms with Crippen molar-refractivity contribution in [3.63, 3.8) is 0 Å². The van der Waals surface area contributed by atoms with Crippen molar-refractivity contribution in [2.45, 2.75) is 39.0 Å². The number of para-hydroxylation sites is 1. The number of hydrogen-bond donors (Lipinski definition) is 2. The van der Waals surface area contributed by atoms with E-state index < -0.39 is 0 Å². The minimum Gasteiger partial charge on any atom is -0.361 e. The van der Waals surface area contributed by atoms with Crippen molar-refractivity contribution >= 4 is 33.5 Å². The number of fused-ring (bicyclic) bond motifs is 1. The molecular formula is C17H20N4OS. The molecule has 6 heteroatoms. The molecule has 2 aromatic heterocycles. The van der Waals surface area contributed by atoms with E-state index >= 15 is 0 Å². The maximum atomic E-state index is 12.1. The summed E-state index contributed by atoms with van der Waals surface area (Å²) in [5.41, 5.74) is 2.15. The first-order valence-corrected chi connectivity index (χ1v) is 8.40. The molecule has 1 amide bonds. The Bertz CT molecular complexity index is 828. The van der Waals surface area contributed by atoms with Crippen LogP contribution in [0.15, 0.2) is 30.5 Å². The molecule has 0 spiro atoms. The highest BCUT2D eigenvalue weighted by Crippen LogP contribution is 2.23. The van der Waals surface area contributed by atoms with E-state index in [-0.39, 0.29) is 11.3 Å². The number of amides is 1. The van der Waals surface area contributed by atoms with Crippen molar-refractivity contribution < 1.29 is 4.79 Å².